The smallest absolute Gasteiger partial charge is 0.405 e. The lowest BCUT2D eigenvalue weighted by Gasteiger charge is -2.37. The van der Waals surface area contributed by atoms with Crippen LogP contribution in [0.15, 0.2) is 24.3 Å². The zero-order chi connectivity index (χ0) is 20.2. The predicted octanol–water partition coefficient (Wildman–Crippen LogP) is 5.25. The van der Waals surface area contributed by atoms with E-state index in [0.717, 1.165) is 11.1 Å². The lowest BCUT2D eigenvalue weighted by atomic mass is 10.1. The van der Waals surface area contributed by atoms with E-state index in [9.17, 15) is 9.90 Å². The minimum atomic E-state index is -1.95. The van der Waals surface area contributed by atoms with E-state index in [1.54, 1.807) is 0 Å². The van der Waals surface area contributed by atoms with Crippen molar-refractivity contribution in [2.24, 2.45) is 0 Å². The number of amides is 1. The van der Waals surface area contributed by atoms with Crippen LogP contribution in [0, 0.1) is 11.5 Å². The van der Waals surface area contributed by atoms with E-state index < -0.39 is 22.5 Å². The molecular weight excluding hydrogens is 358 g/mol. The molecule has 0 spiro atoms. The number of hydrogen-bond acceptors (Lipinski definition) is 2. The SMILES string of the molecule is CC(C)(C)[Si](C)(C)OCC(NC(=O)O)c1ccc(C#C[Si](C)(C)C)cc1. The fourth-order valence-corrected chi connectivity index (χ4v) is 3.47. The molecule has 0 aliphatic heterocycles. The zero-order valence-electron chi connectivity index (χ0n) is 17.4. The molecular formula is C20H33NO3Si2. The summed E-state index contributed by atoms with van der Waals surface area (Å²) >= 11 is 0. The molecule has 1 amide bonds. The summed E-state index contributed by atoms with van der Waals surface area (Å²) in [5.41, 5.74) is 5.19. The van der Waals surface area contributed by atoms with E-state index in [-0.39, 0.29) is 11.1 Å². The molecule has 0 heterocycles. The molecule has 26 heavy (non-hydrogen) atoms. The predicted molar refractivity (Wildman–Crippen MR) is 114 cm³/mol. The van der Waals surface area contributed by atoms with Crippen LogP contribution in [-0.2, 0) is 4.43 Å². The first kappa shape index (κ1) is 22.5. The first-order valence-corrected chi connectivity index (χ1v) is 15.4. The quantitative estimate of drug-likeness (QED) is 0.532. The van der Waals surface area contributed by atoms with Crippen LogP contribution in [0.5, 0.6) is 0 Å². The third kappa shape index (κ3) is 7.36. The molecule has 144 valence electrons. The highest BCUT2D eigenvalue weighted by Gasteiger charge is 2.37. The van der Waals surface area contributed by atoms with Gasteiger partial charge in [-0.1, -0.05) is 58.5 Å². The Kier molecular flexibility index (Phi) is 7.28. The van der Waals surface area contributed by atoms with E-state index in [1.807, 2.05) is 24.3 Å². The number of benzene rings is 1. The molecule has 0 bridgehead atoms. The Morgan fingerprint density at radius 2 is 1.69 bits per heavy atom. The Labute approximate surface area is 160 Å². The highest BCUT2D eigenvalue weighted by molar-refractivity contribution is 6.83. The van der Waals surface area contributed by atoms with E-state index in [1.165, 1.54) is 0 Å². The molecule has 0 radical (unpaired) electrons. The number of carboxylic acid groups (broad SMARTS) is 1. The standard InChI is InChI=1S/C20H33NO3Si2/c1-20(2,3)26(7,8)24-15-18(21-19(22)23)17-11-9-16(10-12-17)13-14-25(4,5)6/h9-12,18,21H,15H2,1-8H3,(H,22,23). The van der Waals surface area contributed by atoms with Crippen molar-refractivity contribution >= 4 is 22.5 Å². The van der Waals surface area contributed by atoms with Gasteiger partial charge in [0.05, 0.1) is 12.6 Å². The van der Waals surface area contributed by atoms with Crippen LogP contribution in [0.25, 0.3) is 0 Å². The molecule has 6 heteroatoms. The molecule has 2 N–H and O–H groups in total. The number of hydrogen-bond donors (Lipinski definition) is 2. The van der Waals surface area contributed by atoms with Crippen molar-refractivity contribution in [3.8, 4) is 11.5 Å². The van der Waals surface area contributed by atoms with E-state index >= 15 is 0 Å². The molecule has 4 nitrogen and oxygen atoms in total. The molecule has 0 fully saturated rings. The average molecular weight is 392 g/mol. The minimum Gasteiger partial charge on any atom is -0.465 e. The normalized spacial score (nSPS) is 13.5. The Balaban J connectivity index is 2.96. The van der Waals surface area contributed by atoms with Crippen LogP contribution in [-0.4, -0.2) is 34.2 Å². The van der Waals surface area contributed by atoms with Crippen molar-refractivity contribution in [3.63, 3.8) is 0 Å². The number of carbonyl (C=O) groups is 1. The van der Waals surface area contributed by atoms with Gasteiger partial charge in [0.2, 0.25) is 0 Å². The highest BCUT2D eigenvalue weighted by Crippen LogP contribution is 2.37. The Morgan fingerprint density at radius 3 is 2.12 bits per heavy atom. The lowest BCUT2D eigenvalue weighted by molar-refractivity contribution is 0.178. The Bertz CT molecular complexity index is 674. The summed E-state index contributed by atoms with van der Waals surface area (Å²) in [7, 11) is -3.36. The second kappa shape index (κ2) is 8.42. The van der Waals surface area contributed by atoms with Crippen molar-refractivity contribution in [3.05, 3.63) is 35.4 Å². The molecule has 1 rings (SSSR count). The Morgan fingerprint density at radius 1 is 1.15 bits per heavy atom. The van der Waals surface area contributed by atoms with Gasteiger partial charge in [0.15, 0.2) is 8.32 Å². The summed E-state index contributed by atoms with van der Waals surface area (Å²) in [4.78, 5) is 11.2. The summed E-state index contributed by atoms with van der Waals surface area (Å²) in [6.07, 6.45) is -1.04. The van der Waals surface area contributed by atoms with Crippen LogP contribution in [0.3, 0.4) is 0 Å². The maximum absolute atomic E-state index is 11.2. The first-order chi connectivity index (χ1) is 11.7. The molecule has 1 atom stereocenters. The summed E-state index contributed by atoms with van der Waals surface area (Å²) < 4.78 is 6.22. The molecule has 1 unspecified atom stereocenters. The molecule has 0 aliphatic carbocycles. The lowest BCUT2D eigenvalue weighted by Crippen LogP contribution is -2.43. The van der Waals surface area contributed by atoms with Gasteiger partial charge in [0.25, 0.3) is 0 Å². The van der Waals surface area contributed by atoms with Gasteiger partial charge < -0.3 is 14.8 Å². The average Bonchev–Trinajstić information content (AvgIpc) is 2.48. The Hall–Kier alpha value is -1.56. The summed E-state index contributed by atoms with van der Waals surface area (Å²) in [6.45, 7) is 17.8. The van der Waals surface area contributed by atoms with E-state index in [2.05, 4.69) is 70.3 Å². The van der Waals surface area contributed by atoms with Crippen molar-refractivity contribution in [2.75, 3.05) is 6.61 Å². The van der Waals surface area contributed by atoms with Crippen molar-refractivity contribution in [1.29, 1.82) is 0 Å². The maximum atomic E-state index is 11.2. The van der Waals surface area contributed by atoms with E-state index in [0.29, 0.717) is 6.61 Å². The second-order valence-corrected chi connectivity index (χ2v) is 18.8. The van der Waals surface area contributed by atoms with E-state index in [4.69, 9.17) is 4.43 Å². The topological polar surface area (TPSA) is 58.6 Å². The van der Waals surface area contributed by atoms with Crippen molar-refractivity contribution < 1.29 is 14.3 Å². The summed E-state index contributed by atoms with van der Waals surface area (Å²) in [5, 5.41) is 11.9. The van der Waals surface area contributed by atoms with Crippen LogP contribution >= 0.6 is 0 Å². The second-order valence-electron chi connectivity index (χ2n) is 9.20. The van der Waals surface area contributed by atoms with Crippen LogP contribution in [0.1, 0.15) is 37.9 Å². The fraction of sp³-hybridized carbons (Fsp3) is 0.550. The van der Waals surface area contributed by atoms with Crippen LogP contribution in [0.4, 0.5) is 4.79 Å². The summed E-state index contributed by atoms with van der Waals surface area (Å²) in [5.74, 6) is 3.22. The maximum Gasteiger partial charge on any atom is 0.405 e. The zero-order valence-corrected chi connectivity index (χ0v) is 19.4. The van der Waals surface area contributed by atoms with Gasteiger partial charge in [0, 0.05) is 5.56 Å². The minimum absolute atomic E-state index is 0.0804. The van der Waals surface area contributed by atoms with Gasteiger partial charge in [-0.05, 0) is 35.8 Å². The van der Waals surface area contributed by atoms with Crippen LogP contribution < -0.4 is 5.32 Å². The van der Waals surface area contributed by atoms with Gasteiger partial charge in [-0.15, -0.1) is 5.54 Å². The van der Waals surface area contributed by atoms with Gasteiger partial charge in [0.1, 0.15) is 8.07 Å². The van der Waals surface area contributed by atoms with Gasteiger partial charge in [-0.2, -0.15) is 0 Å². The van der Waals surface area contributed by atoms with Crippen molar-refractivity contribution in [1.82, 2.24) is 5.32 Å². The third-order valence-electron chi connectivity index (χ3n) is 4.61. The monoisotopic (exact) mass is 391 g/mol. The van der Waals surface area contributed by atoms with Crippen molar-refractivity contribution in [2.45, 2.75) is 64.6 Å². The number of rotatable bonds is 5. The molecule has 0 aliphatic rings. The molecule has 1 aromatic rings. The van der Waals surface area contributed by atoms with Gasteiger partial charge in [-0.25, -0.2) is 4.79 Å². The fourth-order valence-electron chi connectivity index (χ4n) is 1.94. The highest BCUT2D eigenvalue weighted by atomic mass is 28.4. The molecule has 0 saturated carbocycles. The number of nitrogens with one attached hydrogen (secondary N) is 1. The van der Waals surface area contributed by atoms with Gasteiger partial charge in [-0.3, -0.25) is 0 Å². The summed E-state index contributed by atoms with van der Waals surface area (Å²) in [6, 6.07) is 7.38. The van der Waals surface area contributed by atoms with Gasteiger partial charge >= 0.3 is 6.09 Å². The largest absolute Gasteiger partial charge is 0.465 e. The molecule has 1 aromatic carbocycles. The molecule has 0 aromatic heterocycles. The first-order valence-electron chi connectivity index (χ1n) is 8.98. The molecule has 0 saturated heterocycles. The van der Waals surface area contributed by atoms with Crippen LogP contribution in [0.2, 0.25) is 37.8 Å². The third-order valence-corrected chi connectivity index (χ3v) is 9.99.